The van der Waals surface area contributed by atoms with Crippen LogP contribution in [0.2, 0.25) is 10.0 Å². The molecular weight excluding hydrogens is 433 g/mol. The Balaban J connectivity index is 2.03. The summed E-state index contributed by atoms with van der Waals surface area (Å²) in [4.78, 5) is 25.5. The first-order valence-corrected chi connectivity index (χ1v) is 9.17. The fourth-order valence-corrected chi connectivity index (χ4v) is 3.34. The molecule has 0 saturated carbocycles. The third-order valence-corrected chi connectivity index (χ3v) is 4.69. The maximum atomic E-state index is 12.2. The van der Waals surface area contributed by atoms with Crippen molar-refractivity contribution in [2.45, 2.75) is 6.61 Å². The van der Waals surface area contributed by atoms with E-state index in [-0.39, 0.29) is 23.4 Å². The second-order valence-electron chi connectivity index (χ2n) is 6.03. The van der Waals surface area contributed by atoms with Crippen molar-refractivity contribution in [2.75, 3.05) is 7.11 Å². The highest BCUT2D eigenvalue weighted by atomic mass is 35.5. The Bertz CT molecular complexity index is 1250. The molecule has 0 aliphatic heterocycles. The monoisotopic (exact) mass is 445 g/mol. The van der Waals surface area contributed by atoms with E-state index in [0.29, 0.717) is 27.1 Å². The molecule has 10 heteroatoms. The number of aromatic amines is 1. The van der Waals surface area contributed by atoms with Crippen LogP contribution in [0.25, 0.3) is 23.5 Å². The molecule has 0 saturated heterocycles. The number of benzene rings is 1. The number of halogens is 2. The minimum atomic E-state index is -0.747. The van der Waals surface area contributed by atoms with Crippen molar-refractivity contribution in [1.29, 1.82) is 5.26 Å². The van der Waals surface area contributed by atoms with Gasteiger partial charge in [-0.15, -0.1) is 0 Å². The molecule has 2 heterocycles. The van der Waals surface area contributed by atoms with E-state index in [1.54, 1.807) is 36.4 Å². The van der Waals surface area contributed by atoms with Crippen molar-refractivity contribution in [3.8, 4) is 17.4 Å². The van der Waals surface area contributed by atoms with Gasteiger partial charge in [0.05, 0.1) is 22.1 Å². The van der Waals surface area contributed by atoms with Crippen LogP contribution in [0.4, 0.5) is 5.69 Å². The van der Waals surface area contributed by atoms with E-state index in [4.69, 9.17) is 32.4 Å². The molecule has 1 N–H and O–H groups in total. The number of pyridine rings is 1. The van der Waals surface area contributed by atoms with Crippen molar-refractivity contribution >= 4 is 41.0 Å². The normalized spacial score (nSPS) is 11.0. The number of nitro groups is 1. The van der Waals surface area contributed by atoms with Gasteiger partial charge in [-0.2, -0.15) is 5.26 Å². The second-order valence-corrected chi connectivity index (χ2v) is 6.88. The van der Waals surface area contributed by atoms with E-state index < -0.39 is 16.2 Å². The largest absolute Gasteiger partial charge is 0.457 e. The maximum absolute atomic E-state index is 12.2. The lowest BCUT2D eigenvalue weighted by Crippen LogP contribution is -2.18. The quantitative estimate of drug-likeness (QED) is 0.418. The van der Waals surface area contributed by atoms with Gasteiger partial charge in [-0.25, -0.2) is 0 Å². The van der Waals surface area contributed by atoms with Crippen LogP contribution in [0.1, 0.15) is 22.6 Å². The third-order valence-electron chi connectivity index (χ3n) is 4.14. The first-order valence-electron chi connectivity index (χ1n) is 8.41. The summed E-state index contributed by atoms with van der Waals surface area (Å²) in [7, 11) is 1.31. The number of nitrogens with zero attached hydrogens (tertiary/aromatic N) is 2. The molecule has 3 aromatic rings. The number of hydrogen-bond donors (Lipinski definition) is 1. The van der Waals surface area contributed by atoms with E-state index in [2.05, 4.69) is 4.98 Å². The smallest absolute Gasteiger partial charge is 0.299 e. The molecule has 0 aliphatic carbocycles. The molecule has 0 bridgehead atoms. The Morgan fingerprint density at radius 1 is 1.30 bits per heavy atom. The lowest BCUT2D eigenvalue weighted by Gasteiger charge is -2.06. The Labute approximate surface area is 180 Å². The fraction of sp³-hybridized carbons (Fsp3) is 0.100. The predicted molar refractivity (Wildman–Crippen MR) is 112 cm³/mol. The van der Waals surface area contributed by atoms with Gasteiger partial charge in [0, 0.05) is 17.7 Å². The van der Waals surface area contributed by atoms with Crippen molar-refractivity contribution < 1.29 is 14.1 Å². The predicted octanol–water partition coefficient (Wildman–Crippen LogP) is 5.04. The summed E-state index contributed by atoms with van der Waals surface area (Å²) in [5, 5.41) is 21.7. The summed E-state index contributed by atoms with van der Waals surface area (Å²) >= 11 is 12.1. The van der Waals surface area contributed by atoms with Crippen molar-refractivity contribution in [3.63, 3.8) is 0 Å². The summed E-state index contributed by atoms with van der Waals surface area (Å²) in [6, 6.07) is 9.96. The Morgan fingerprint density at radius 2 is 2.07 bits per heavy atom. The van der Waals surface area contributed by atoms with E-state index >= 15 is 0 Å². The molecule has 2 aromatic heterocycles. The molecule has 0 atom stereocenters. The third kappa shape index (κ3) is 4.28. The molecule has 8 nitrogen and oxygen atoms in total. The van der Waals surface area contributed by atoms with Gasteiger partial charge < -0.3 is 14.1 Å². The number of aromatic nitrogens is 1. The lowest BCUT2D eigenvalue weighted by atomic mass is 10.1. The number of nitrogens with one attached hydrogen (secondary N) is 1. The molecule has 3 rings (SSSR count). The number of rotatable bonds is 6. The van der Waals surface area contributed by atoms with Crippen LogP contribution in [0, 0.1) is 21.4 Å². The number of nitriles is 1. The standard InChI is InChI=1S/C20H13Cl2N3O5/c1-29-10-15-14(9-23)20(26)24-17(19(15)25(27)28)6-3-12-4-7-18(30-12)13-5-2-11(21)8-16(13)22/h2-8H,10H2,1H3,(H,24,26)/b6-3+. The van der Waals surface area contributed by atoms with Crippen molar-refractivity contribution in [1.82, 2.24) is 4.98 Å². The highest BCUT2D eigenvalue weighted by Gasteiger charge is 2.25. The minimum Gasteiger partial charge on any atom is -0.457 e. The average Bonchev–Trinajstić information content (AvgIpc) is 3.15. The topological polar surface area (TPSA) is 122 Å². The fourth-order valence-electron chi connectivity index (χ4n) is 2.84. The summed E-state index contributed by atoms with van der Waals surface area (Å²) < 4.78 is 10.6. The first kappa shape index (κ1) is 21.3. The van der Waals surface area contributed by atoms with Gasteiger partial charge >= 0.3 is 0 Å². The molecule has 0 unspecified atom stereocenters. The zero-order chi connectivity index (χ0) is 21.8. The zero-order valence-corrected chi connectivity index (χ0v) is 17.0. The van der Waals surface area contributed by atoms with Gasteiger partial charge in [-0.3, -0.25) is 14.9 Å². The van der Waals surface area contributed by atoms with E-state index in [9.17, 15) is 20.2 Å². The number of H-pyrrole nitrogens is 1. The van der Waals surface area contributed by atoms with Gasteiger partial charge in [-0.05, 0) is 42.5 Å². The highest BCUT2D eigenvalue weighted by molar-refractivity contribution is 6.36. The van der Waals surface area contributed by atoms with Crippen molar-refractivity contribution in [2.24, 2.45) is 0 Å². The van der Waals surface area contributed by atoms with Crippen LogP contribution in [0.3, 0.4) is 0 Å². The molecule has 1 aromatic carbocycles. The summed E-state index contributed by atoms with van der Waals surface area (Å²) in [6.45, 7) is -0.260. The summed E-state index contributed by atoms with van der Waals surface area (Å²) in [5.74, 6) is 0.836. The number of furan rings is 1. The molecule has 0 amide bonds. The summed E-state index contributed by atoms with van der Waals surface area (Å²) in [5.41, 5.74) is -1.08. The SMILES string of the molecule is COCc1c([N+](=O)[O-])c(/C=C/c2ccc(-c3ccc(Cl)cc3Cl)o2)[nH]c(=O)c1C#N. The second kappa shape index (κ2) is 8.97. The molecule has 152 valence electrons. The van der Waals surface area contributed by atoms with E-state index in [1.165, 1.54) is 19.3 Å². The number of hydrogen-bond acceptors (Lipinski definition) is 6. The van der Waals surface area contributed by atoms with Gasteiger partial charge in [-0.1, -0.05) is 23.2 Å². The van der Waals surface area contributed by atoms with E-state index in [1.807, 2.05) is 0 Å². The van der Waals surface area contributed by atoms with Crippen LogP contribution in [0.15, 0.2) is 39.5 Å². The molecule has 0 aliphatic rings. The maximum Gasteiger partial charge on any atom is 0.299 e. The van der Waals surface area contributed by atoms with Crippen LogP contribution in [0.5, 0.6) is 0 Å². The van der Waals surface area contributed by atoms with Crippen LogP contribution < -0.4 is 5.56 Å². The lowest BCUT2D eigenvalue weighted by molar-refractivity contribution is -0.386. The molecule has 0 radical (unpaired) electrons. The summed E-state index contributed by atoms with van der Waals surface area (Å²) in [6.07, 6.45) is 2.78. The number of methoxy groups -OCH3 is 1. The molecule has 30 heavy (non-hydrogen) atoms. The van der Waals surface area contributed by atoms with Crippen LogP contribution in [-0.4, -0.2) is 17.0 Å². The Hall–Kier alpha value is -3.38. The molecule has 0 spiro atoms. The first-order chi connectivity index (χ1) is 14.3. The molecular formula is C20H13Cl2N3O5. The van der Waals surface area contributed by atoms with Crippen LogP contribution in [-0.2, 0) is 11.3 Å². The van der Waals surface area contributed by atoms with Gasteiger partial charge in [0.2, 0.25) is 0 Å². The van der Waals surface area contributed by atoms with Crippen LogP contribution >= 0.6 is 23.2 Å². The number of ether oxygens (including phenoxy) is 1. The van der Waals surface area contributed by atoms with Gasteiger partial charge in [0.25, 0.3) is 11.2 Å². The van der Waals surface area contributed by atoms with Gasteiger partial charge in [0.15, 0.2) is 0 Å². The minimum absolute atomic E-state index is 0.0847. The molecule has 0 fully saturated rings. The zero-order valence-electron chi connectivity index (χ0n) is 15.4. The van der Waals surface area contributed by atoms with Gasteiger partial charge in [0.1, 0.15) is 28.8 Å². The Morgan fingerprint density at radius 3 is 2.70 bits per heavy atom. The van der Waals surface area contributed by atoms with E-state index in [0.717, 1.165) is 0 Å². The Kier molecular flexibility index (Phi) is 6.37. The average molecular weight is 446 g/mol. The highest BCUT2D eigenvalue weighted by Crippen LogP contribution is 2.32. The van der Waals surface area contributed by atoms with Crippen molar-refractivity contribution in [3.05, 3.63) is 83.4 Å².